The number of piperazine rings is 1. The van der Waals surface area contributed by atoms with Crippen molar-refractivity contribution in [3.8, 4) is 0 Å². The summed E-state index contributed by atoms with van der Waals surface area (Å²) in [6.45, 7) is 10.7. The molecule has 1 aliphatic heterocycles. The number of rotatable bonds is 2. The zero-order chi connectivity index (χ0) is 9.53. The Labute approximate surface area is 81.7 Å². The van der Waals surface area contributed by atoms with Gasteiger partial charge in [-0.25, -0.2) is 0 Å². The fourth-order valence-electron chi connectivity index (χ4n) is 2.24. The lowest BCUT2D eigenvalue weighted by atomic mass is 9.94. The van der Waals surface area contributed by atoms with Crippen LogP contribution in [0, 0.1) is 0 Å². The van der Waals surface area contributed by atoms with Gasteiger partial charge in [0.2, 0.25) is 0 Å². The molecule has 1 unspecified atom stereocenters. The van der Waals surface area contributed by atoms with E-state index in [0.717, 1.165) is 0 Å². The van der Waals surface area contributed by atoms with Gasteiger partial charge < -0.3 is 5.32 Å². The summed E-state index contributed by atoms with van der Waals surface area (Å²) >= 11 is 0. The Morgan fingerprint density at radius 2 is 2.00 bits per heavy atom. The number of hydrogen-bond donors (Lipinski definition) is 1. The standard InChI is InChI=1S/C11H22N2/c1-4-10(2)9-13(8-7-12-10)11(3)5-6-11/h12H,4-9H2,1-3H3. The fraction of sp³-hybridized carbons (Fsp3) is 1.00. The Morgan fingerprint density at radius 1 is 1.31 bits per heavy atom. The predicted molar refractivity (Wildman–Crippen MR) is 55.9 cm³/mol. The highest BCUT2D eigenvalue weighted by molar-refractivity contribution is 5.04. The van der Waals surface area contributed by atoms with E-state index in [1.807, 2.05) is 0 Å². The molecular formula is C11H22N2. The van der Waals surface area contributed by atoms with E-state index in [9.17, 15) is 0 Å². The molecule has 1 saturated carbocycles. The molecule has 0 aromatic carbocycles. The van der Waals surface area contributed by atoms with Crippen LogP contribution in [-0.2, 0) is 0 Å². The monoisotopic (exact) mass is 182 g/mol. The molecule has 2 heteroatoms. The molecule has 0 amide bonds. The van der Waals surface area contributed by atoms with E-state index in [4.69, 9.17) is 0 Å². The Balaban J connectivity index is 2.00. The predicted octanol–water partition coefficient (Wildman–Crippen LogP) is 1.61. The summed E-state index contributed by atoms with van der Waals surface area (Å²) in [5, 5.41) is 3.63. The smallest absolute Gasteiger partial charge is 0.0278 e. The second-order valence-electron chi connectivity index (χ2n) is 5.26. The highest BCUT2D eigenvalue weighted by Gasteiger charge is 2.46. The molecule has 1 aliphatic carbocycles. The molecule has 0 aromatic rings. The van der Waals surface area contributed by atoms with E-state index in [1.165, 1.54) is 38.9 Å². The van der Waals surface area contributed by atoms with Gasteiger partial charge in [-0.15, -0.1) is 0 Å². The first kappa shape index (κ1) is 9.47. The van der Waals surface area contributed by atoms with Crippen molar-refractivity contribution in [2.24, 2.45) is 0 Å². The minimum Gasteiger partial charge on any atom is -0.309 e. The molecule has 76 valence electrons. The van der Waals surface area contributed by atoms with Gasteiger partial charge in [0.25, 0.3) is 0 Å². The molecule has 0 bridgehead atoms. The highest BCUT2D eigenvalue weighted by Crippen LogP contribution is 2.42. The summed E-state index contributed by atoms with van der Waals surface area (Å²) < 4.78 is 0. The molecule has 2 aliphatic rings. The molecule has 2 rings (SSSR count). The van der Waals surface area contributed by atoms with Gasteiger partial charge in [-0.1, -0.05) is 6.92 Å². The van der Waals surface area contributed by atoms with Crippen LogP contribution in [-0.4, -0.2) is 35.6 Å². The number of nitrogens with zero attached hydrogens (tertiary/aromatic N) is 1. The second kappa shape index (κ2) is 2.96. The lowest BCUT2D eigenvalue weighted by molar-refractivity contribution is 0.0934. The van der Waals surface area contributed by atoms with Crippen LogP contribution >= 0.6 is 0 Å². The third-order valence-electron chi connectivity index (χ3n) is 3.99. The molecule has 2 fully saturated rings. The van der Waals surface area contributed by atoms with E-state index in [2.05, 4.69) is 31.0 Å². The van der Waals surface area contributed by atoms with Gasteiger partial charge in [-0.3, -0.25) is 4.90 Å². The number of hydrogen-bond acceptors (Lipinski definition) is 2. The van der Waals surface area contributed by atoms with Crippen LogP contribution in [0.3, 0.4) is 0 Å². The van der Waals surface area contributed by atoms with Crippen LogP contribution in [0.5, 0.6) is 0 Å². The molecule has 1 saturated heterocycles. The van der Waals surface area contributed by atoms with Crippen LogP contribution in [0.25, 0.3) is 0 Å². The minimum absolute atomic E-state index is 0.365. The Hall–Kier alpha value is -0.0800. The Bertz CT molecular complexity index is 198. The lowest BCUT2D eigenvalue weighted by Gasteiger charge is -2.44. The number of nitrogens with one attached hydrogen (secondary N) is 1. The van der Waals surface area contributed by atoms with Crippen molar-refractivity contribution in [3.05, 3.63) is 0 Å². The molecule has 13 heavy (non-hydrogen) atoms. The molecule has 1 atom stereocenters. The normalized spacial score (nSPS) is 39.0. The second-order valence-corrected chi connectivity index (χ2v) is 5.26. The summed E-state index contributed by atoms with van der Waals surface area (Å²) in [4.78, 5) is 2.69. The fourth-order valence-corrected chi connectivity index (χ4v) is 2.24. The van der Waals surface area contributed by atoms with Crippen molar-refractivity contribution >= 4 is 0 Å². The van der Waals surface area contributed by atoms with Crippen molar-refractivity contribution in [2.75, 3.05) is 19.6 Å². The largest absolute Gasteiger partial charge is 0.309 e. The zero-order valence-electron chi connectivity index (χ0n) is 9.19. The summed E-state index contributed by atoms with van der Waals surface area (Å²) in [5.74, 6) is 0. The quantitative estimate of drug-likeness (QED) is 0.698. The average molecular weight is 182 g/mol. The maximum absolute atomic E-state index is 3.63. The molecule has 1 heterocycles. The third-order valence-corrected chi connectivity index (χ3v) is 3.99. The van der Waals surface area contributed by atoms with Gasteiger partial charge in [-0.05, 0) is 33.1 Å². The van der Waals surface area contributed by atoms with Crippen molar-refractivity contribution < 1.29 is 0 Å². The summed E-state index contributed by atoms with van der Waals surface area (Å²) in [6, 6.07) is 0. The molecule has 2 nitrogen and oxygen atoms in total. The summed E-state index contributed by atoms with van der Waals surface area (Å²) in [6.07, 6.45) is 4.05. The molecular weight excluding hydrogens is 160 g/mol. The van der Waals surface area contributed by atoms with Gasteiger partial charge >= 0.3 is 0 Å². The molecule has 0 radical (unpaired) electrons. The Morgan fingerprint density at radius 3 is 2.54 bits per heavy atom. The van der Waals surface area contributed by atoms with Crippen LogP contribution < -0.4 is 5.32 Å². The first-order valence-electron chi connectivity index (χ1n) is 5.58. The van der Waals surface area contributed by atoms with Crippen molar-refractivity contribution in [2.45, 2.75) is 51.1 Å². The van der Waals surface area contributed by atoms with Crippen LogP contribution in [0.1, 0.15) is 40.0 Å². The van der Waals surface area contributed by atoms with Crippen LogP contribution in [0.2, 0.25) is 0 Å². The molecule has 1 N–H and O–H groups in total. The van der Waals surface area contributed by atoms with Gasteiger partial charge in [0, 0.05) is 30.7 Å². The third kappa shape index (κ3) is 1.75. The van der Waals surface area contributed by atoms with E-state index >= 15 is 0 Å². The summed E-state index contributed by atoms with van der Waals surface area (Å²) in [5.41, 5.74) is 0.933. The lowest BCUT2D eigenvalue weighted by Crippen LogP contribution is -2.60. The van der Waals surface area contributed by atoms with E-state index < -0.39 is 0 Å². The van der Waals surface area contributed by atoms with Gasteiger partial charge in [0.15, 0.2) is 0 Å². The molecule has 0 aromatic heterocycles. The minimum atomic E-state index is 0.365. The zero-order valence-corrected chi connectivity index (χ0v) is 9.19. The van der Waals surface area contributed by atoms with Gasteiger partial charge in [0.05, 0.1) is 0 Å². The van der Waals surface area contributed by atoms with Crippen molar-refractivity contribution in [1.82, 2.24) is 10.2 Å². The molecule has 0 spiro atoms. The first-order valence-corrected chi connectivity index (χ1v) is 5.58. The maximum Gasteiger partial charge on any atom is 0.0278 e. The van der Waals surface area contributed by atoms with E-state index in [1.54, 1.807) is 0 Å². The average Bonchev–Trinajstić information content (AvgIpc) is 2.86. The van der Waals surface area contributed by atoms with Crippen LogP contribution in [0.4, 0.5) is 0 Å². The SMILES string of the molecule is CCC1(C)CN(C2(C)CC2)CCN1. The van der Waals surface area contributed by atoms with Crippen molar-refractivity contribution in [3.63, 3.8) is 0 Å². The van der Waals surface area contributed by atoms with Gasteiger partial charge in [-0.2, -0.15) is 0 Å². The Kier molecular flexibility index (Phi) is 2.16. The first-order chi connectivity index (χ1) is 6.08. The summed E-state index contributed by atoms with van der Waals surface area (Å²) in [7, 11) is 0. The topological polar surface area (TPSA) is 15.3 Å². The maximum atomic E-state index is 3.63. The van der Waals surface area contributed by atoms with Gasteiger partial charge in [0.1, 0.15) is 0 Å². The highest BCUT2D eigenvalue weighted by atomic mass is 15.3. The van der Waals surface area contributed by atoms with Crippen molar-refractivity contribution in [1.29, 1.82) is 0 Å². The van der Waals surface area contributed by atoms with E-state index in [-0.39, 0.29) is 0 Å². The van der Waals surface area contributed by atoms with E-state index in [0.29, 0.717) is 11.1 Å². The van der Waals surface area contributed by atoms with Crippen LogP contribution in [0.15, 0.2) is 0 Å².